The minimum absolute atomic E-state index is 0.0511. The largest absolute Gasteiger partial charge is 0.326 e. The number of aryl methyl sites for hydroxylation is 2. The van der Waals surface area contributed by atoms with Crippen molar-refractivity contribution in [1.82, 2.24) is 4.72 Å². The molecule has 96 valence electrons. The van der Waals surface area contributed by atoms with Gasteiger partial charge in [-0.2, -0.15) is 0 Å². The Bertz CT molecular complexity index is 508. The number of hydrogen-bond donors (Lipinski definition) is 2. The van der Waals surface area contributed by atoms with Crippen LogP contribution < -0.4 is 10.5 Å². The molecule has 0 amide bonds. The molecule has 1 heterocycles. The van der Waals surface area contributed by atoms with E-state index in [0.717, 1.165) is 29.0 Å². The van der Waals surface area contributed by atoms with Crippen molar-refractivity contribution in [2.75, 3.05) is 0 Å². The van der Waals surface area contributed by atoms with Crippen LogP contribution in [0.3, 0.4) is 0 Å². The predicted molar refractivity (Wildman–Crippen MR) is 69.7 cm³/mol. The van der Waals surface area contributed by atoms with Gasteiger partial charge in [0.2, 0.25) is 10.0 Å². The molecule has 4 nitrogen and oxygen atoms in total. The third kappa shape index (κ3) is 2.70. The maximum absolute atomic E-state index is 12.2. The lowest BCUT2D eigenvalue weighted by Crippen LogP contribution is -2.43. The molecule has 1 saturated carbocycles. The van der Waals surface area contributed by atoms with Crippen LogP contribution in [0.25, 0.3) is 0 Å². The third-order valence-electron chi connectivity index (χ3n) is 3.16. The van der Waals surface area contributed by atoms with Gasteiger partial charge < -0.3 is 5.73 Å². The standard InChI is InChI=1S/C11H18N2O2S2/c1-7-6-11(8(2)16-7)17(14,15)13-10-5-3-4-9(10)12/h6,9-10,13H,3-5,12H2,1-2H3. The van der Waals surface area contributed by atoms with Gasteiger partial charge in [-0.15, -0.1) is 11.3 Å². The van der Waals surface area contributed by atoms with Gasteiger partial charge in [0.1, 0.15) is 0 Å². The molecule has 0 aromatic carbocycles. The smallest absolute Gasteiger partial charge is 0.241 e. The van der Waals surface area contributed by atoms with Gasteiger partial charge in [-0.3, -0.25) is 0 Å². The van der Waals surface area contributed by atoms with E-state index in [-0.39, 0.29) is 12.1 Å². The van der Waals surface area contributed by atoms with Gasteiger partial charge in [0.25, 0.3) is 0 Å². The lowest BCUT2D eigenvalue weighted by atomic mass is 10.2. The zero-order chi connectivity index (χ0) is 12.6. The Morgan fingerprint density at radius 1 is 1.41 bits per heavy atom. The topological polar surface area (TPSA) is 72.2 Å². The summed E-state index contributed by atoms with van der Waals surface area (Å²) in [5, 5.41) is 0. The number of nitrogens with two attached hydrogens (primary N) is 1. The van der Waals surface area contributed by atoms with Crippen LogP contribution in [0, 0.1) is 13.8 Å². The highest BCUT2D eigenvalue weighted by molar-refractivity contribution is 7.89. The fourth-order valence-corrected chi connectivity index (χ4v) is 5.15. The Morgan fingerprint density at radius 2 is 2.12 bits per heavy atom. The van der Waals surface area contributed by atoms with E-state index in [9.17, 15) is 8.42 Å². The van der Waals surface area contributed by atoms with Crippen molar-refractivity contribution in [1.29, 1.82) is 0 Å². The van der Waals surface area contributed by atoms with Gasteiger partial charge in [0.15, 0.2) is 0 Å². The van der Waals surface area contributed by atoms with Gasteiger partial charge in [-0.25, -0.2) is 13.1 Å². The first-order chi connectivity index (χ1) is 7.90. The summed E-state index contributed by atoms with van der Waals surface area (Å²) in [5.41, 5.74) is 5.88. The molecule has 1 aromatic rings. The lowest BCUT2D eigenvalue weighted by molar-refractivity contribution is 0.522. The van der Waals surface area contributed by atoms with Crippen molar-refractivity contribution in [3.8, 4) is 0 Å². The highest BCUT2D eigenvalue weighted by Crippen LogP contribution is 2.26. The van der Waals surface area contributed by atoms with Gasteiger partial charge in [0.05, 0.1) is 4.90 Å². The van der Waals surface area contributed by atoms with Crippen molar-refractivity contribution < 1.29 is 8.42 Å². The van der Waals surface area contributed by atoms with E-state index < -0.39 is 10.0 Å². The molecule has 1 aromatic heterocycles. The highest BCUT2D eigenvalue weighted by atomic mass is 32.2. The molecule has 1 aliphatic carbocycles. The molecular formula is C11H18N2O2S2. The molecule has 1 fully saturated rings. The molecule has 0 saturated heterocycles. The van der Waals surface area contributed by atoms with Gasteiger partial charge in [-0.1, -0.05) is 6.42 Å². The Balaban J connectivity index is 2.22. The molecule has 0 spiro atoms. The molecule has 0 radical (unpaired) electrons. The van der Waals surface area contributed by atoms with Crippen LogP contribution in [0.5, 0.6) is 0 Å². The highest BCUT2D eigenvalue weighted by Gasteiger charge is 2.29. The Morgan fingerprint density at radius 3 is 2.59 bits per heavy atom. The van der Waals surface area contributed by atoms with Crippen LogP contribution in [-0.2, 0) is 10.0 Å². The Hall–Kier alpha value is -0.430. The van der Waals surface area contributed by atoms with Crippen LogP contribution in [0.4, 0.5) is 0 Å². The maximum Gasteiger partial charge on any atom is 0.241 e. The van der Waals surface area contributed by atoms with Crippen molar-refractivity contribution in [2.24, 2.45) is 5.73 Å². The number of hydrogen-bond acceptors (Lipinski definition) is 4. The third-order valence-corrected chi connectivity index (χ3v) is 5.87. The second-order valence-corrected chi connectivity index (χ2v) is 7.74. The molecule has 17 heavy (non-hydrogen) atoms. The average molecular weight is 274 g/mol. The van der Waals surface area contributed by atoms with Crippen LogP contribution in [0.2, 0.25) is 0 Å². The molecule has 2 rings (SSSR count). The Labute approximate surface area is 106 Å². The lowest BCUT2D eigenvalue weighted by Gasteiger charge is -2.17. The molecule has 6 heteroatoms. The normalized spacial score (nSPS) is 25.4. The molecule has 1 aliphatic rings. The predicted octanol–water partition coefficient (Wildman–Crippen LogP) is 1.52. The van der Waals surface area contributed by atoms with Gasteiger partial charge in [-0.05, 0) is 32.8 Å². The summed E-state index contributed by atoms with van der Waals surface area (Å²) in [6.45, 7) is 3.75. The van der Waals surface area contributed by atoms with Gasteiger partial charge in [0, 0.05) is 21.8 Å². The SMILES string of the molecule is Cc1cc(S(=O)(=O)NC2CCCC2N)c(C)s1. The number of sulfonamides is 1. The minimum atomic E-state index is -3.41. The summed E-state index contributed by atoms with van der Waals surface area (Å²) in [7, 11) is -3.41. The fourth-order valence-electron chi connectivity index (χ4n) is 2.27. The summed E-state index contributed by atoms with van der Waals surface area (Å²) in [4.78, 5) is 2.25. The van der Waals surface area contributed by atoms with Crippen LogP contribution >= 0.6 is 11.3 Å². The average Bonchev–Trinajstić information content (AvgIpc) is 2.74. The number of rotatable bonds is 3. The Kier molecular flexibility index (Phi) is 3.58. The summed E-state index contributed by atoms with van der Waals surface area (Å²) < 4.78 is 27.1. The molecule has 2 unspecified atom stereocenters. The van der Waals surface area contributed by atoms with Gasteiger partial charge >= 0.3 is 0 Å². The molecule has 3 N–H and O–H groups in total. The zero-order valence-corrected chi connectivity index (χ0v) is 11.7. The quantitative estimate of drug-likeness (QED) is 0.878. The number of thiophene rings is 1. The van der Waals surface area contributed by atoms with E-state index in [1.54, 1.807) is 6.07 Å². The minimum Gasteiger partial charge on any atom is -0.326 e. The van der Waals surface area contributed by atoms with Crippen LogP contribution in [0.15, 0.2) is 11.0 Å². The summed E-state index contributed by atoms with van der Waals surface area (Å²) >= 11 is 1.50. The van der Waals surface area contributed by atoms with Crippen molar-refractivity contribution in [3.05, 3.63) is 15.8 Å². The van der Waals surface area contributed by atoms with Crippen molar-refractivity contribution in [2.45, 2.75) is 50.1 Å². The second-order valence-electron chi connectivity index (χ2n) is 4.60. The van der Waals surface area contributed by atoms with Crippen LogP contribution in [-0.4, -0.2) is 20.5 Å². The summed E-state index contributed by atoms with van der Waals surface area (Å²) in [6.07, 6.45) is 2.73. The first-order valence-electron chi connectivity index (χ1n) is 5.75. The maximum atomic E-state index is 12.2. The second kappa shape index (κ2) is 4.68. The van der Waals surface area contributed by atoms with E-state index in [1.807, 2.05) is 13.8 Å². The molecule has 0 bridgehead atoms. The first kappa shape index (κ1) is 13.0. The van der Waals surface area contributed by atoms with E-state index >= 15 is 0 Å². The number of nitrogens with one attached hydrogen (secondary N) is 1. The van der Waals surface area contributed by atoms with E-state index in [1.165, 1.54) is 11.3 Å². The van der Waals surface area contributed by atoms with Crippen LogP contribution in [0.1, 0.15) is 29.0 Å². The molecule has 0 aliphatic heterocycles. The van der Waals surface area contributed by atoms with E-state index in [4.69, 9.17) is 5.73 Å². The van der Waals surface area contributed by atoms with Crippen molar-refractivity contribution >= 4 is 21.4 Å². The first-order valence-corrected chi connectivity index (χ1v) is 8.05. The van der Waals surface area contributed by atoms with E-state index in [2.05, 4.69) is 4.72 Å². The monoisotopic (exact) mass is 274 g/mol. The summed E-state index contributed by atoms with van der Waals surface area (Å²) in [5.74, 6) is 0. The zero-order valence-electron chi connectivity index (χ0n) is 10.1. The summed E-state index contributed by atoms with van der Waals surface area (Å²) in [6, 6.07) is 1.56. The van der Waals surface area contributed by atoms with E-state index in [0.29, 0.717) is 4.90 Å². The molecular weight excluding hydrogens is 256 g/mol. The molecule has 2 atom stereocenters. The van der Waals surface area contributed by atoms with Crippen molar-refractivity contribution in [3.63, 3.8) is 0 Å². The fraction of sp³-hybridized carbons (Fsp3) is 0.636.